The smallest absolute Gasteiger partial charge is 0.193 e. The lowest BCUT2D eigenvalue weighted by molar-refractivity contribution is 0.380. The minimum Gasteiger partial charge on any atom is -0.352 e. The van der Waals surface area contributed by atoms with Crippen LogP contribution >= 0.6 is 35.7 Å². The van der Waals surface area contributed by atoms with E-state index in [0.29, 0.717) is 11.2 Å². The first kappa shape index (κ1) is 21.1. The molecule has 1 unspecified atom stereocenters. The summed E-state index contributed by atoms with van der Waals surface area (Å²) in [5.74, 6) is 2.84. The molecule has 5 nitrogen and oxygen atoms in total. The van der Waals surface area contributed by atoms with Crippen LogP contribution in [0.15, 0.2) is 48.0 Å². The van der Waals surface area contributed by atoms with Gasteiger partial charge in [0.2, 0.25) is 0 Å². The molecule has 2 heterocycles. The summed E-state index contributed by atoms with van der Waals surface area (Å²) in [7, 11) is 1.87. The van der Waals surface area contributed by atoms with Crippen LogP contribution in [-0.2, 0) is 6.54 Å². The van der Waals surface area contributed by atoms with Crippen LogP contribution in [-0.4, -0.2) is 51.6 Å². The Morgan fingerprint density at radius 3 is 2.88 bits per heavy atom. The molecule has 1 saturated heterocycles. The fourth-order valence-corrected chi connectivity index (χ4v) is 4.39. The highest BCUT2D eigenvalue weighted by Gasteiger charge is 2.24. The van der Waals surface area contributed by atoms with E-state index < -0.39 is 0 Å². The monoisotopic (exact) mass is 485 g/mol. The molecular formula is C19H28IN5S. The number of aromatic nitrogens is 2. The van der Waals surface area contributed by atoms with Gasteiger partial charge in [-0.25, -0.2) is 4.98 Å². The number of para-hydroxylation sites is 1. The molecule has 2 aromatic rings. The second kappa shape index (κ2) is 10.2. The molecule has 1 atom stereocenters. The zero-order valence-electron chi connectivity index (χ0n) is 15.6. The van der Waals surface area contributed by atoms with Crippen LogP contribution in [0.5, 0.6) is 0 Å². The number of nitrogens with one attached hydrogen (secondary N) is 1. The first-order chi connectivity index (χ1) is 12.2. The predicted octanol–water partition coefficient (Wildman–Crippen LogP) is 3.64. The maximum Gasteiger partial charge on any atom is 0.193 e. The molecule has 0 aliphatic carbocycles. The van der Waals surface area contributed by atoms with Crippen molar-refractivity contribution in [3.05, 3.63) is 48.5 Å². The molecule has 3 rings (SSSR count). The maximum absolute atomic E-state index is 4.52. The van der Waals surface area contributed by atoms with Crippen molar-refractivity contribution in [2.45, 2.75) is 25.6 Å². The second-order valence-corrected chi connectivity index (χ2v) is 7.95. The average Bonchev–Trinajstić information content (AvgIpc) is 3.17. The van der Waals surface area contributed by atoms with E-state index in [-0.39, 0.29) is 24.0 Å². The number of rotatable bonds is 4. The third-order valence-electron chi connectivity index (χ3n) is 4.56. The van der Waals surface area contributed by atoms with E-state index in [1.807, 2.05) is 24.1 Å². The van der Waals surface area contributed by atoms with Gasteiger partial charge in [0.05, 0.1) is 12.0 Å². The number of halogens is 1. The third-order valence-corrected chi connectivity index (χ3v) is 6.10. The summed E-state index contributed by atoms with van der Waals surface area (Å²) in [4.78, 5) is 11.1. The van der Waals surface area contributed by atoms with Gasteiger partial charge in [0.25, 0.3) is 0 Å². The Labute approximate surface area is 177 Å². The molecule has 1 N–H and O–H groups in total. The van der Waals surface area contributed by atoms with Gasteiger partial charge >= 0.3 is 0 Å². The molecule has 0 amide bonds. The van der Waals surface area contributed by atoms with Crippen molar-refractivity contribution >= 4 is 41.7 Å². The van der Waals surface area contributed by atoms with Crippen LogP contribution in [0.2, 0.25) is 0 Å². The summed E-state index contributed by atoms with van der Waals surface area (Å²) < 4.78 is 2.05. The fraction of sp³-hybridized carbons (Fsp3) is 0.474. The minimum absolute atomic E-state index is 0. The Kier molecular flexibility index (Phi) is 8.27. The highest BCUT2D eigenvalue weighted by molar-refractivity contribution is 14.0. The van der Waals surface area contributed by atoms with Crippen molar-refractivity contribution in [3.63, 3.8) is 0 Å². The SMILES string of the molecule is CN=C(NCc1ccccc1-n1ccnc1)N1CCSC(C(C)C)C1.I. The molecule has 7 heteroatoms. The van der Waals surface area contributed by atoms with Gasteiger partial charge in [-0.2, -0.15) is 11.8 Å². The van der Waals surface area contributed by atoms with Crippen LogP contribution in [0.25, 0.3) is 5.69 Å². The van der Waals surface area contributed by atoms with Crippen LogP contribution < -0.4 is 5.32 Å². The maximum atomic E-state index is 4.52. The van der Waals surface area contributed by atoms with Gasteiger partial charge in [0, 0.05) is 50.1 Å². The average molecular weight is 485 g/mol. The fourth-order valence-electron chi connectivity index (χ4n) is 3.09. The lowest BCUT2D eigenvalue weighted by Crippen LogP contribution is -2.48. The van der Waals surface area contributed by atoms with E-state index in [4.69, 9.17) is 0 Å². The van der Waals surface area contributed by atoms with Gasteiger partial charge < -0.3 is 14.8 Å². The van der Waals surface area contributed by atoms with Gasteiger partial charge in [0.15, 0.2) is 5.96 Å². The van der Waals surface area contributed by atoms with Gasteiger partial charge in [-0.3, -0.25) is 4.99 Å². The zero-order chi connectivity index (χ0) is 17.6. The summed E-state index contributed by atoms with van der Waals surface area (Å²) >= 11 is 2.08. The molecule has 26 heavy (non-hydrogen) atoms. The molecule has 1 aromatic heterocycles. The normalized spacial score (nSPS) is 17.9. The van der Waals surface area contributed by atoms with Crippen LogP contribution in [0.1, 0.15) is 19.4 Å². The lowest BCUT2D eigenvalue weighted by atomic mass is 10.1. The number of imidazole rings is 1. The Morgan fingerprint density at radius 1 is 1.38 bits per heavy atom. The predicted molar refractivity (Wildman–Crippen MR) is 122 cm³/mol. The highest BCUT2D eigenvalue weighted by Crippen LogP contribution is 2.25. The summed E-state index contributed by atoms with van der Waals surface area (Å²) in [5, 5.41) is 4.22. The zero-order valence-corrected chi connectivity index (χ0v) is 18.8. The van der Waals surface area contributed by atoms with Crippen molar-refractivity contribution in [1.82, 2.24) is 19.8 Å². The van der Waals surface area contributed by atoms with E-state index in [0.717, 1.165) is 37.0 Å². The Balaban J connectivity index is 0.00000243. The van der Waals surface area contributed by atoms with Crippen molar-refractivity contribution in [3.8, 4) is 5.69 Å². The molecule has 1 aliphatic heterocycles. The standard InChI is InChI=1S/C19H27N5S.HI/c1-15(2)18-13-23(10-11-25-18)19(20-3)22-12-16-6-4-5-7-17(16)24-9-8-21-14-24;/h4-9,14-15,18H,10-13H2,1-3H3,(H,20,22);1H. The molecule has 142 valence electrons. The van der Waals surface area contributed by atoms with Gasteiger partial charge in [0.1, 0.15) is 0 Å². The van der Waals surface area contributed by atoms with E-state index in [1.165, 1.54) is 5.56 Å². The summed E-state index contributed by atoms with van der Waals surface area (Å²) in [6.07, 6.45) is 5.62. The largest absolute Gasteiger partial charge is 0.352 e. The first-order valence-electron chi connectivity index (χ1n) is 8.82. The van der Waals surface area contributed by atoms with E-state index in [2.05, 4.69) is 70.1 Å². The molecule has 0 saturated carbocycles. The summed E-state index contributed by atoms with van der Waals surface area (Å²) in [6, 6.07) is 8.40. The van der Waals surface area contributed by atoms with Crippen molar-refractivity contribution in [2.24, 2.45) is 10.9 Å². The summed E-state index contributed by atoms with van der Waals surface area (Å²) in [6.45, 7) is 7.47. The highest BCUT2D eigenvalue weighted by atomic mass is 127. The van der Waals surface area contributed by atoms with E-state index >= 15 is 0 Å². The number of thioether (sulfide) groups is 1. The number of aliphatic imine (C=N–C) groups is 1. The lowest BCUT2D eigenvalue weighted by Gasteiger charge is -2.36. The van der Waals surface area contributed by atoms with Crippen LogP contribution in [0, 0.1) is 5.92 Å². The topological polar surface area (TPSA) is 45.5 Å². The van der Waals surface area contributed by atoms with Gasteiger partial charge in [-0.1, -0.05) is 32.0 Å². The third kappa shape index (κ3) is 5.16. The number of hydrogen-bond donors (Lipinski definition) is 1. The number of nitrogens with zero attached hydrogens (tertiary/aromatic N) is 4. The first-order valence-corrected chi connectivity index (χ1v) is 9.87. The minimum atomic E-state index is 0. The van der Waals surface area contributed by atoms with Gasteiger partial charge in [-0.15, -0.1) is 24.0 Å². The molecule has 0 bridgehead atoms. The number of hydrogen-bond acceptors (Lipinski definition) is 3. The van der Waals surface area contributed by atoms with Crippen LogP contribution in [0.3, 0.4) is 0 Å². The van der Waals surface area contributed by atoms with E-state index in [9.17, 15) is 0 Å². The second-order valence-electron chi connectivity index (χ2n) is 6.60. The molecular weight excluding hydrogens is 457 g/mol. The van der Waals surface area contributed by atoms with Crippen molar-refractivity contribution in [2.75, 3.05) is 25.9 Å². The number of guanidine groups is 1. The van der Waals surface area contributed by atoms with Crippen LogP contribution in [0.4, 0.5) is 0 Å². The molecule has 1 aliphatic rings. The van der Waals surface area contributed by atoms with Gasteiger partial charge in [-0.05, 0) is 17.5 Å². The quantitative estimate of drug-likeness (QED) is 0.408. The Hall–Kier alpha value is -1.22. The van der Waals surface area contributed by atoms with E-state index in [1.54, 1.807) is 6.20 Å². The molecule has 1 aromatic carbocycles. The molecule has 1 fully saturated rings. The molecule has 0 radical (unpaired) electrons. The Morgan fingerprint density at radius 2 is 2.19 bits per heavy atom. The number of benzene rings is 1. The summed E-state index contributed by atoms with van der Waals surface area (Å²) in [5.41, 5.74) is 2.38. The molecule has 0 spiro atoms. The van der Waals surface area contributed by atoms with Crippen molar-refractivity contribution in [1.29, 1.82) is 0 Å². The van der Waals surface area contributed by atoms with Crippen molar-refractivity contribution < 1.29 is 0 Å². The Bertz CT molecular complexity index is 702.